The molecule has 0 N–H and O–H groups in total. The van der Waals surface area contributed by atoms with Crippen LogP contribution in [-0.2, 0) is 20.6 Å². The standard InChI is InChI=1S/C10H13N3O3S2/c1-18(15,16)10-5-3-9(4-6-10)17(14)8-2-7-12-13-11/h3-6H,2,7-8H2,1H3. The molecular formula is C10H13N3O3S2. The van der Waals surface area contributed by atoms with Gasteiger partial charge in [-0.05, 0) is 36.2 Å². The van der Waals surface area contributed by atoms with Crippen LogP contribution in [0.3, 0.4) is 0 Å². The molecule has 0 aliphatic heterocycles. The molecule has 6 nitrogen and oxygen atoms in total. The topological polar surface area (TPSA) is 100.0 Å². The second-order valence-electron chi connectivity index (χ2n) is 3.60. The molecule has 0 fully saturated rings. The Hall–Kier alpha value is -1.37. The van der Waals surface area contributed by atoms with E-state index in [9.17, 15) is 12.6 Å². The van der Waals surface area contributed by atoms with Crippen LogP contribution in [0.2, 0.25) is 0 Å². The van der Waals surface area contributed by atoms with Crippen LogP contribution in [0.4, 0.5) is 0 Å². The van der Waals surface area contributed by atoms with E-state index >= 15 is 0 Å². The zero-order chi connectivity index (χ0) is 13.6. The van der Waals surface area contributed by atoms with Crippen LogP contribution in [0.5, 0.6) is 0 Å². The zero-order valence-electron chi connectivity index (χ0n) is 9.81. The Morgan fingerprint density at radius 1 is 1.33 bits per heavy atom. The lowest BCUT2D eigenvalue weighted by Gasteiger charge is -2.02. The molecule has 0 amide bonds. The molecule has 0 aliphatic rings. The van der Waals surface area contributed by atoms with Gasteiger partial charge in [0, 0.05) is 28.4 Å². The monoisotopic (exact) mass is 287 g/mol. The highest BCUT2D eigenvalue weighted by atomic mass is 32.2. The fourth-order valence-corrected chi connectivity index (χ4v) is 2.96. The highest BCUT2D eigenvalue weighted by Crippen LogP contribution is 2.13. The fraction of sp³-hybridized carbons (Fsp3) is 0.400. The predicted molar refractivity (Wildman–Crippen MR) is 69.5 cm³/mol. The SMILES string of the molecule is CS(=O)(=O)c1ccc(S(=O)CCCN=[N+]=[N-])cc1. The van der Waals surface area contributed by atoms with Crippen molar-refractivity contribution in [2.75, 3.05) is 18.6 Å². The minimum Gasteiger partial charge on any atom is -0.254 e. The third kappa shape index (κ3) is 4.48. The molecule has 1 unspecified atom stereocenters. The summed E-state index contributed by atoms with van der Waals surface area (Å²) in [6.45, 7) is 0.309. The van der Waals surface area contributed by atoms with E-state index in [0.717, 1.165) is 6.26 Å². The van der Waals surface area contributed by atoms with Crippen LogP contribution in [0.25, 0.3) is 10.4 Å². The first-order chi connectivity index (χ1) is 8.45. The smallest absolute Gasteiger partial charge is 0.175 e. The van der Waals surface area contributed by atoms with E-state index in [4.69, 9.17) is 5.53 Å². The molecule has 8 heteroatoms. The lowest BCUT2D eigenvalue weighted by molar-refractivity contribution is 0.601. The Morgan fingerprint density at radius 3 is 2.44 bits per heavy atom. The van der Waals surface area contributed by atoms with E-state index in [2.05, 4.69) is 10.0 Å². The van der Waals surface area contributed by atoms with Crippen LogP contribution >= 0.6 is 0 Å². The first-order valence-corrected chi connectivity index (χ1v) is 8.35. The molecule has 1 aromatic rings. The number of rotatable bonds is 6. The summed E-state index contributed by atoms with van der Waals surface area (Å²) in [5.41, 5.74) is 8.08. The molecule has 0 radical (unpaired) electrons. The van der Waals surface area contributed by atoms with Crippen molar-refractivity contribution in [2.24, 2.45) is 5.11 Å². The molecular weight excluding hydrogens is 274 g/mol. The Labute approximate surface area is 108 Å². The van der Waals surface area contributed by atoms with E-state index in [1.54, 1.807) is 12.1 Å². The molecule has 1 rings (SSSR count). The Morgan fingerprint density at radius 2 is 1.94 bits per heavy atom. The van der Waals surface area contributed by atoms with Crippen molar-refractivity contribution in [1.29, 1.82) is 0 Å². The third-order valence-electron chi connectivity index (χ3n) is 2.17. The van der Waals surface area contributed by atoms with Crippen LogP contribution < -0.4 is 0 Å². The molecule has 0 spiro atoms. The summed E-state index contributed by atoms with van der Waals surface area (Å²) in [5, 5.41) is 3.35. The van der Waals surface area contributed by atoms with Gasteiger partial charge in [0.15, 0.2) is 9.84 Å². The Bertz CT molecular complexity index is 575. The Kier molecular flexibility index (Phi) is 5.33. The molecule has 0 saturated carbocycles. The summed E-state index contributed by atoms with van der Waals surface area (Å²) in [7, 11) is -4.42. The first kappa shape index (κ1) is 14.7. The molecule has 1 aromatic carbocycles. The fourth-order valence-electron chi connectivity index (χ4n) is 1.27. The van der Waals surface area contributed by atoms with E-state index < -0.39 is 20.6 Å². The van der Waals surface area contributed by atoms with Gasteiger partial charge in [-0.2, -0.15) is 0 Å². The summed E-state index contributed by atoms with van der Waals surface area (Å²) in [4.78, 5) is 3.38. The third-order valence-corrected chi connectivity index (χ3v) is 4.75. The average Bonchev–Trinajstić information content (AvgIpc) is 2.33. The van der Waals surface area contributed by atoms with Gasteiger partial charge < -0.3 is 0 Å². The van der Waals surface area contributed by atoms with Crippen LogP contribution in [0.15, 0.2) is 39.2 Å². The van der Waals surface area contributed by atoms with Crippen LogP contribution in [0, 0.1) is 0 Å². The van der Waals surface area contributed by atoms with Crippen molar-refractivity contribution >= 4 is 20.6 Å². The predicted octanol–water partition coefficient (Wildman–Crippen LogP) is 1.90. The lowest BCUT2D eigenvalue weighted by atomic mass is 10.4. The van der Waals surface area contributed by atoms with Gasteiger partial charge in [-0.15, -0.1) is 0 Å². The maximum Gasteiger partial charge on any atom is 0.175 e. The minimum atomic E-state index is -3.22. The summed E-state index contributed by atoms with van der Waals surface area (Å²) in [6.07, 6.45) is 1.66. The van der Waals surface area contributed by atoms with E-state index in [-0.39, 0.29) is 4.90 Å². The van der Waals surface area contributed by atoms with Crippen LogP contribution in [0.1, 0.15) is 6.42 Å². The number of hydrogen-bond acceptors (Lipinski definition) is 4. The molecule has 0 bridgehead atoms. The van der Waals surface area contributed by atoms with Gasteiger partial charge in [-0.25, -0.2) is 8.42 Å². The molecule has 0 aliphatic carbocycles. The van der Waals surface area contributed by atoms with E-state index in [0.29, 0.717) is 23.6 Å². The molecule has 98 valence electrons. The first-order valence-electron chi connectivity index (χ1n) is 5.14. The number of nitrogens with zero attached hydrogens (tertiary/aromatic N) is 3. The zero-order valence-corrected chi connectivity index (χ0v) is 11.4. The Balaban J connectivity index is 2.68. The average molecular weight is 287 g/mol. The summed E-state index contributed by atoms with van der Waals surface area (Å²) < 4.78 is 34.3. The van der Waals surface area contributed by atoms with Crippen molar-refractivity contribution in [1.82, 2.24) is 0 Å². The van der Waals surface area contributed by atoms with Gasteiger partial charge in [-0.3, -0.25) is 4.21 Å². The molecule has 1 atom stereocenters. The van der Waals surface area contributed by atoms with Gasteiger partial charge in [0.25, 0.3) is 0 Å². The van der Waals surface area contributed by atoms with Crippen molar-refractivity contribution < 1.29 is 12.6 Å². The largest absolute Gasteiger partial charge is 0.254 e. The highest BCUT2D eigenvalue weighted by Gasteiger charge is 2.08. The molecule has 0 heterocycles. The highest BCUT2D eigenvalue weighted by molar-refractivity contribution is 7.90. The summed E-state index contributed by atoms with van der Waals surface area (Å²) in [5.74, 6) is 0.386. The van der Waals surface area contributed by atoms with Gasteiger partial charge in [0.1, 0.15) is 0 Å². The maximum absolute atomic E-state index is 11.8. The molecule has 18 heavy (non-hydrogen) atoms. The van der Waals surface area contributed by atoms with Gasteiger partial charge in [-0.1, -0.05) is 5.11 Å². The van der Waals surface area contributed by atoms with Gasteiger partial charge in [0.05, 0.1) is 15.7 Å². The second kappa shape index (κ2) is 6.53. The van der Waals surface area contributed by atoms with E-state index in [1.165, 1.54) is 12.1 Å². The maximum atomic E-state index is 11.8. The molecule has 0 saturated heterocycles. The van der Waals surface area contributed by atoms with Crippen molar-refractivity contribution in [3.05, 3.63) is 34.7 Å². The second-order valence-corrected chi connectivity index (χ2v) is 7.19. The molecule has 0 aromatic heterocycles. The summed E-state index contributed by atoms with van der Waals surface area (Å²) >= 11 is 0. The normalized spacial score (nSPS) is 12.7. The van der Waals surface area contributed by atoms with E-state index in [1.807, 2.05) is 0 Å². The van der Waals surface area contributed by atoms with Gasteiger partial charge >= 0.3 is 0 Å². The van der Waals surface area contributed by atoms with Crippen molar-refractivity contribution in [3.8, 4) is 0 Å². The lowest BCUT2D eigenvalue weighted by Crippen LogP contribution is -2.01. The quantitative estimate of drug-likeness (QED) is 0.345. The number of benzene rings is 1. The summed E-state index contributed by atoms with van der Waals surface area (Å²) in [6, 6.07) is 5.96. The van der Waals surface area contributed by atoms with Crippen LogP contribution in [-0.4, -0.2) is 31.2 Å². The van der Waals surface area contributed by atoms with Gasteiger partial charge in [0.2, 0.25) is 0 Å². The minimum absolute atomic E-state index is 0.206. The van der Waals surface area contributed by atoms with Crippen molar-refractivity contribution in [2.45, 2.75) is 16.2 Å². The van der Waals surface area contributed by atoms with Crippen molar-refractivity contribution in [3.63, 3.8) is 0 Å². The number of azide groups is 1. The number of hydrogen-bond donors (Lipinski definition) is 0. The number of sulfone groups is 1.